The Kier molecular flexibility index (Phi) is 4.47. The smallest absolute Gasteiger partial charge is 0.414 e. The number of carbonyl (C=O) groups is 1. The molecule has 1 saturated heterocycles. The SMILES string of the molecule is COC(=O)N1CC2(CCNCC2)c2cc(Cl)ccc21.Cl. The van der Waals surface area contributed by atoms with Gasteiger partial charge in [0.1, 0.15) is 0 Å². The Balaban J connectivity index is 0.00000147. The second-order valence-corrected chi connectivity index (χ2v) is 5.68. The predicted octanol–water partition coefficient (Wildman–Crippen LogP) is 2.97. The highest BCUT2D eigenvalue weighted by molar-refractivity contribution is 6.30. The Labute approximate surface area is 129 Å². The lowest BCUT2D eigenvalue weighted by molar-refractivity contribution is 0.177. The molecule has 0 aromatic heterocycles. The summed E-state index contributed by atoms with van der Waals surface area (Å²) in [6, 6.07) is 5.76. The van der Waals surface area contributed by atoms with Crippen LogP contribution in [0.15, 0.2) is 18.2 Å². The van der Waals surface area contributed by atoms with Crippen molar-refractivity contribution in [1.29, 1.82) is 0 Å². The molecule has 2 aliphatic rings. The third-order valence-electron chi connectivity index (χ3n) is 4.24. The third-order valence-corrected chi connectivity index (χ3v) is 4.47. The van der Waals surface area contributed by atoms with Crippen molar-refractivity contribution in [2.45, 2.75) is 18.3 Å². The number of fused-ring (bicyclic) bond motifs is 2. The van der Waals surface area contributed by atoms with Gasteiger partial charge in [-0.3, -0.25) is 4.90 Å². The third kappa shape index (κ3) is 2.36. The molecule has 1 N–H and O–H groups in total. The van der Waals surface area contributed by atoms with Gasteiger partial charge < -0.3 is 10.1 Å². The minimum Gasteiger partial charge on any atom is -0.452 e. The number of nitrogens with zero attached hydrogens (tertiary/aromatic N) is 1. The molecule has 1 spiro atoms. The molecule has 2 heterocycles. The van der Waals surface area contributed by atoms with Crippen molar-refractivity contribution in [3.63, 3.8) is 0 Å². The average molecular weight is 317 g/mol. The van der Waals surface area contributed by atoms with E-state index in [0.29, 0.717) is 6.54 Å². The van der Waals surface area contributed by atoms with Crippen LogP contribution in [0.4, 0.5) is 10.5 Å². The lowest BCUT2D eigenvalue weighted by Gasteiger charge is -2.34. The summed E-state index contributed by atoms with van der Waals surface area (Å²) in [5.74, 6) is 0. The van der Waals surface area contributed by atoms with E-state index in [1.807, 2.05) is 18.2 Å². The van der Waals surface area contributed by atoms with Gasteiger partial charge in [0.2, 0.25) is 0 Å². The fraction of sp³-hybridized carbons (Fsp3) is 0.500. The number of anilines is 1. The van der Waals surface area contributed by atoms with Gasteiger partial charge in [-0.25, -0.2) is 4.79 Å². The quantitative estimate of drug-likeness (QED) is 0.800. The van der Waals surface area contributed by atoms with Gasteiger partial charge in [0, 0.05) is 17.0 Å². The van der Waals surface area contributed by atoms with Gasteiger partial charge in [-0.15, -0.1) is 12.4 Å². The number of carbonyl (C=O) groups excluding carboxylic acids is 1. The standard InChI is InChI=1S/C14H17ClN2O2.ClH/c1-19-13(18)17-9-14(4-6-16-7-5-14)11-8-10(15)2-3-12(11)17;/h2-3,8,16H,4-7,9H2,1H3;1H. The molecule has 110 valence electrons. The zero-order valence-electron chi connectivity index (χ0n) is 11.3. The number of benzene rings is 1. The Morgan fingerprint density at radius 3 is 2.75 bits per heavy atom. The van der Waals surface area contributed by atoms with E-state index in [-0.39, 0.29) is 23.9 Å². The first kappa shape index (κ1) is 15.4. The second kappa shape index (κ2) is 5.80. The van der Waals surface area contributed by atoms with Crippen molar-refractivity contribution in [2.75, 3.05) is 31.6 Å². The van der Waals surface area contributed by atoms with Gasteiger partial charge in [-0.2, -0.15) is 0 Å². The van der Waals surface area contributed by atoms with E-state index in [4.69, 9.17) is 16.3 Å². The first-order chi connectivity index (χ1) is 9.16. The minimum atomic E-state index is -0.293. The number of hydrogen-bond donors (Lipinski definition) is 1. The van der Waals surface area contributed by atoms with Gasteiger partial charge in [-0.05, 0) is 49.7 Å². The van der Waals surface area contributed by atoms with Crippen molar-refractivity contribution in [1.82, 2.24) is 5.32 Å². The predicted molar refractivity (Wildman–Crippen MR) is 82.2 cm³/mol. The van der Waals surface area contributed by atoms with E-state index in [1.54, 1.807) is 4.90 Å². The number of halogens is 2. The number of piperidine rings is 1. The molecule has 1 fully saturated rings. The molecule has 3 rings (SSSR count). The van der Waals surface area contributed by atoms with Crippen LogP contribution in [0, 0.1) is 0 Å². The maximum Gasteiger partial charge on any atom is 0.414 e. The number of ether oxygens (including phenoxy) is 1. The Morgan fingerprint density at radius 2 is 2.10 bits per heavy atom. The van der Waals surface area contributed by atoms with Crippen molar-refractivity contribution in [3.05, 3.63) is 28.8 Å². The van der Waals surface area contributed by atoms with Gasteiger partial charge in [0.25, 0.3) is 0 Å². The zero-order valence-corrected chi connectivity index (χ0v) is 12.9. The van der Waals surface area contributed by atoms with Crippen molar-refractivity contribution < 1.29 is 9.53 Å². The summed E-state index contributed by atoms with van der Waals surface area (Å²) >= 11 is 6.14. The van der Waals surface area contributed by atoms with Crippen LogP contribution in [0.25, 0.3) is 0 Å². The van der Waals surface area contributed by atoms with Crippen LogP contribution in [0.2, 0.25) is 5.02 Å². The van der Waals surface area contributed by atoms with E-state index in [9.17, 15) is 4.79 Å². The van der Waals surface area contributed by atoms with Crippen LogP contribution in [0.5, 0.6) is 0 Å². The van der Waals surface area contributed by atoms with Crippen LogP contribution in [-0.2, 0) is 10.2 Å². The molecule has 0 radical (unpaired) electrons. The van der Waals surface area contributed by atoms with Crippen molar-refractivity contribution >= 4 is 35.8 Å². The largest absolute Gasteiger partial charge is 0.452 e. The van der Waals surface area contributed by atoms with Crippen molar-refractivity contribution in [3.8, 4) is 0 Å². The van der Waals surface area contributed by atoms with Crippen LogP contribution < -0.4 is 10.2 Å². The normalized spacial score (nSPS) is 19.4. The molecular weight excluding hydrogens is 299 g/mol. The molecule has 1 aromatic rings. The number of methoxy groups -OCH3 is 1. The maximum absolute atomic E-state index is 11.9. The number of amides is 1. The molecule has 0 aliphatic carbocycles. The number of rotatable bonds is 0. The van der Waals surface area contributed by atoms with Gasteiger partial charge in [0.05, 0.1) is 12.8 Å². The number of hydrogen-bond acceptors (Lipinski definition) is 3. The van der Waals surface area contributed by atoms with Crippen LogP contribution in [0.3, 0.4) is 0 Å². The molecule has 0 bridgehead atoms. The Hall–Kier alpha value is -0.970. The molecule has 6 heteroatoms. The average Bonchev–Trinajstić information content (AvgIpc) is 2.73. The topological polar surface area (TPSA) is 41.6 Å². The Bertz CT molecular complexity index is 516. The highest BCUT2D eigenvalue weighted by Crippen LogP contribution is 2.47. The molecule has 0 unspecified atom stereocenters. The summed E-state index contributed by atoms with van der Waals surface area (Å²) < 4.78 is 4.89. The lowest BCUT2D eigenvalue weighted by atomic mass is 9.75. The summed E-state index contributed by atoms with van der Waals surface area (Å²) in [5, 5.41) is 4.10. The van der Waals surface area contributed by atoms with E-state index in [0.717, 1.165) is 36.6 Å². The van der Waals surface area contributed by atoms with Crippen LogP contribution in [0.1, 0.15) is 18.4 Å². The van der Waals surface area contributed by atoms with E-state index >= 15 is 0 Å². The molecule has 0 atom stereocenters. The maximum atomic E-state index is 11.9. The number of nitrogens with one attached hydrogen (secondary N) is 1. The molecule has 0 saturated carbocycles. The van der Waals surface area contributed by atoms with E-state index in [2.05, 4.69) is 5.32 Å². The fourth-order valence-electron chi connectivity index (χ4n) is 3.25. The summed E-state index contributed by atoms with van der Waals surface area (Å²) in [4.78, 5) is 13.7. The molecular formula is C14H18Cl2N2O2. The van der Waals surface area contributed by atoms with Gasteiger partial charge in [0.15, 0.2) is 0 Å². The summed E-state index contributed by atoms with van der Waals surface area (Å²) in [7, 11) is 1.42. The Morgan fingerprint density at radius 1 is 1.40 bits per heavy atom. The second-order valence-electron chi connectivity index (χ2n) is 5.25. The molecule has 4 nitrogen and oxygen atoms in total. The molecule has 1 amide bonds. The van der Waals surface area contributed by atoms with E-state index < -0.39 is 0 Å². The monoisotopic (exact) mass is 316 g/mol. The highest BCUT2D eigenvalue weighted by Gasteiger charge is 2.45. The molecule has 1 aromatic carbocycles. The van der Waals surface area contributed by atoms with E-state index in [1.165, 1.54) is 12.7 Å². The van der Waals surface area contributed by atoms with Gasteiger partial charge in [-0.1, -0.05) is 11.6 Å². The summed E-state index contributed by atoms with van der Waals surface area (Å²) in [6.07, 6.45) is 1.75. The van der Waals surface area contributed by atoms with Crippen LogP contribution in [-0.4, -0.2) is 32.8 Å². The molecule has 2 aliphatic heterocycles. The summed E-state index contributed by atoms with van der Waals surface area (Å²) in [5.41, 5.74) is 2.16. The molecule has 20 heavy (non-hydrogen) atoms. The first-order valence-electron chi connectivity index (χ1n) is 6.52. The van der Waals surface area contributed by atoms with Crippen LogP contribution >= 0.6 is 24.0 Å². The highest BCUT2D eigenvalue weighted by atomic mass is 35.5. The van der Waals surface area contributed by atoms with Gasteiger partial charge >= 0.3 is 6.09 Å². The minimum absolute atomic E-state index is 0. The first-order valence-corrected chi connectivity index (χ1v) is 6.90. The zero-order chi connectivity index (χ0) is 13.5. The van der Waals surface area contributed by atoms with Crippen molar-refractivity contribution in [2.24, 2.45) is 0 Å². The fourth-order valence-corrected chi connectivity index (χ4v) is 3.42. The summed E-state index contributed by atoms with van der Waals surface area (Å²) in [6.45, 7) is 2.64. The lowest BCUT2D eigenvalue weighted by Crippen LogP contribution is -2.44.